The number of hydrogen-bond donors (Lipinski definition) is 1. The molecule has 1 N–H and O–H groups in total. The molecule has 3 rings (SSSR count). The fraction of sp³-hybridized carbons (Fsp3) is 0.176. The molecule has 0 radical (unpaired) electrons. The molecule has 0 aliphatic heterocycles. The normalized spacial score (nSPS) is 12.1. The SMILES string of the molecule is Cc1ccc(C(O)Cn2cnc(-c3cccc([N+](=O)[O-])c3)n2)cc1. The molecule has 1 aromatic heterocycles. The second-order valence-corrected chi connectivity index (χ2v) is 5.52. The van der Waals surface area contributed by atoms with E-state index in [9.17, 15) is 15.2 Å². The highest BCUT2D eigenvalue weighted by atomic mass is 16.6. The molecule has 7 nitrogen and oxygen atoms in total. The lowest BCUT2D eigenvalue weighted by atomic mass is 10.1. The smallest absolute Gasteiger partial charge is 0.270 e. The van der Waals surface area contributed by atoms with Gasteiger partial charge in [-0.1, -0.05) is 42.0 Å². The minimum atomic E-state index is -0.703. The van der Waals surface area contributed by atoms with E-state index in [1.54, 1.807) is 12.1 Å². The quantitative estimate of drug-likeness (QED) is 0.575. The summed E-state index contributed by atoms with van der Waals surface area (Å²) in [6.45, 7) is 2.24. The monoisotopic (exact) mass is 324 g/mol. The topological polar surface area (TPSA) is 94.1 Å². The molecule has 0 saturated carbocycles. The van der Waals surface area contributed by atoms with Gasteiger partial charge in [0.2, 0.25) is 0 Å². The summed E-state index contributed by atoms with van der Waals surface area (Å²) >= 11 is 0. The molecule has 24 heavy (non-hydrogen) atoms. The molecule has 0 saturated heterocycles. The summed E-state index contributed by atoms with van der Waals surface area (Å²) in [5, 5.41) is 25.4. The number of aliphatic hydroxyl groups is 1. The van der Waals surface area contributed by atoms with E-state index in [2.05, 4.69) is 10.1 Å². The summed E-state index contributed by atoms with van der Waals surface area (Å²) < 4.78 is 1.53. The van der Waals surface area contributed by atoms with Crippen molar-refractivity contribution in [3.8, 4) is 11.4 Å². The van der Waals surface area contributed by atoms with Crippen molar-refractivity contribution in [1.82, 2.24) is 14.8 Å². The molecule has 1 atom stereocenters. The van der Waals surface area contributed by atoms with Crippen LogP contribution in [0.4, 0.5) is 5.69 Å². The van der Waals surface area contributed by atoms with E-state index in [-0.39, 0.29) is 12.2 Å². The second kappa shape index (κ2) is 6.59. The molecule has 0 aliphatic carbocycles. The van der Waals surface area contributed by atoms with E-state index in [0.717, 1.165) is 11.1 Å². The Balaban J connectivity index is 1.77. The number of aryl methyl sites for hydroxylation is 1. The number of aliphatic hydroxyl groups excluding tert-OH is 1. The van der Waals surface area contributed by atoms with Gasteiger partial charge in [0.05, 0.1) is 17.6 Å². The summed E-state index contributed by atoms with van der Waals surface area (Å²) in [6.07, 6.45) is 0.802. The van der Waals surface area contributed by atoms with Crippen LogP contribution < -0.4 is 0 Å². The Morgan fingerprint density at radius 2 is 2.00 bits per heavy atom. The Morgan fingerprint density at radius 3 is 2.71 bits per heavy atom. The van der Waals surface area contributed by atoms with Crippen LogP contribution in [0.15, 0.2) is 54.9 Å². The second-order valence-electron chi connectivity index (χ2n) is 5.52. The molecule has 0 amide bonds. The first-order valence-electron chi connectivity index (χ1n) is 7.42. The van der Waals surface area contributed by atoms with Gasteiger partial charge in [-0.3, -0.25) is 10.1 Å². The number of nitrogens with zero attached hydrogens (tertiary/aromatic N) is 4. The number of aromatic nitrogens is 3. The van der Waals surface area contributed by atoms with Crippen LogP contribution in [0.25, 0.3) is 11.4 Å². The first kappa shape index (κ1) is 15.8. The highest BCUT2D eigenvalue weighted by molar-refractivity contribution is 5.58. The molecule has 1 unspecified atom stereocenters. The molecule has 7 heteroatoms. The zero-order valence-electron chi connectivity index (χ0n) is 13.0. The third kappa shape index (κ3) is 3.47. The average molecular weight is 324 g/mol. The van der Waals surface area contributed by atoms with Crippen molar-refractivity contribution in [3.63, 3.8) is 0 Å². The summed E-state index contributed by atoms with van der Waals surface area (Å²) in [6, 6.07) is 13.8. The number of non-ortho nitro benzene ring substituents is 1. The van der Waals surface area contributed by atoms with Crippen molar-refractivity contribution in [2.24, 2.45) is 0 Å². The van der Waals surface area contributed by atoms with E-state index < -0.39 is 11.0 Å². The maximum absolute atomic E-state index is 10.8. The number of nitro groups is 1. The van der Waals surface area contributed by atoms with Crippen molar-refractivity contribution in [2.75, 3.05) is 0 Å². The van der Waals surface area contributed by atoms with E-state index in [1.807, 2.05) is 31.2 Å². The number of benzene rings is 2. The maximum Gasteiger partial charge on any atom is 0.270 e. The molecule has 122 valence electrons. The van der Waals surface area contributed by atoms with E-state index in [0.29, 0.717) is 11.4 Å². The van der Waals surface area contributed by atoms with E-state index >= 15 is 0 Å². The van der Waals surface area contributed by atoms with Crippen LogP contribution in [0.1, 0.15) is 17.2 Å². The van der Waals surface area contributed by atoms with Crippen LogP contribution in [0.5, 0.6) is 0 Å². The summed E-state index contributed by atoms with van der Waals surface area (Å²) in [4.78, 5) is 14.6. The predicted octanol–water partition coefficient (Wildman–Crippen LogP) is 2.90. The molecule has 2 aromatic carbocycles. The predicted molar refractivity (Wildman–Crippen MR) is 88.3 cm³/mol. The van der Waals surface area contributed by atoms with Crippen LogP contribution in [0, 0.1) is 17.0 Å². The van der Waals surface area contributed by atoms with Gasteiger partial charge in [0.25, 0.3) is 5.69 Å². The van der Waals surface area contributed by atoms with Gasteiger partial charge in [0.1, 0.15) is 6.33 Å². The first-order valence-corrected chi connectivity index (χ1v) is 7.42. The summed E-state index contributed by atoms with van der Waals surface area (Å²) in [5.74, 6) is 0.384. The van der Waals surface area contributed by atoms with Gasteiger partial charge in [-0.2, -0.15) is 5.10 Å². The van der Waals surface area contributed by atoms with E-state index in [4.69, 9.17) is 0 Å². The minimum Gasteiger partial charge on any atom is -0.386 e. The molecular formula is C17H16N4O3. The third-order valence-corrected chi connectivity index (χ3v) is 3.67. The van der Waals surface area contributed by atoms with Crippen molar-refractivity contribution in [1.29, 1.82) is 0 Å². The van der Waals surface area contributed by atoms with Gasteiger partial charge >= 0.3 is 0 Å². The van der Waals surface area contributed by atoms with Crippen molar-refractivity contribution >= 4 is 5.69 Å². The number of nitro benzene ring substituents is 1. The lowest BCUT2D eigenvalue weighted by Gasteiger charge is -2.10. The summed E-state index contributed by atoms with van der Waals surface area (Å²) in [7, 11) is 0. The van der Waals surface area contributed by atoms with Gasteiger partial charge in [0.15, 0.2) is 5.82 Å². The Morgan fingerprint density at radius 1 is 1.25 bits per heavy atom. The van der Waals surface area contributed by atoms with Gasteiger partial charge in [-0.15, -0.1) is 0 Å². The highest BCUT2D eigenvalue weighted by Gasteiger charge is 2.13. The fourth-order valence-corrected chi connectivity index (χ4v) is 2.34. The largest absolute Gasteiger partial charge is 0.386 e. The van der Waals surface area contributed by atoms with Gasteiger partial charge < -0.3 is 5.11 Å². The van der Waals surface area contributed by atoms with Crippen molar-refractivity contribution < 1.29 is 10.0 Å². The van der Waals surface area contributed by atoms with Gasteiger partial charge in [-0.25, -0.2) is 9.67 Å². The zero-order chi connectivity index (χ0) is 17.1. The Kier molecular flexibility index (Phi) is 4.35. The molecule has 0 spiro atoms. The van der Waals surface area contributed by atoms with Crippen molar-refractivity contribution in [3.05, 3.63) is 76.1 Å². The number of rotatable bonds is 5. The molecule has 1 heterocycles. The highest BCUT2D eigenvalue weighted by Crippen LogP contribution is 2.21. The average Bonchev–Trinajstić information content (AvgIpc) is 3.04. The third-order valence-electron chi connectivity index (χ3n) is 3.67. The lowest BCUT2D eigenvalue weighted by Crippen LogP contribution is -2.09. The van der Waals surface area contributed by atoms with Crippen LogP contribution in [0.3, 0.4) is 0 Å². The minimum absolute atomic E-state index is 0.0106. The molecule has 0 fully saturated rings. The maximum atomic E-state index is 10.8. The van der Waals surface area contributed by atoms with Gasteiger partial charge in [0, 0.05) is 17.7 Å². The first-order chi connectivity index (χ1) is 11.5. The molecule has 0 bridgehead atoms. The molecule has 0 aliphatic rings. The Hall–Kier alpha value is -3.06. The standard InChI is InChI=1S/C17H16N4O3/c1-12-5-7-13(8-6-12)16(22)10-20-11-18-17(19-20)14-3-2-4-15(9-14)21(23)24/h2-9,11,16,22H,10H2,1H3. The van der Waals surface area contributed by atoms with Crippen LogP contribution >= 0.6 is 0 Å². The Bertz CT molecular complexity index is 858. The van der Waals surface area contributed by atoms with Crippen LogP contribution in [-0.2, 0) is 6.54 Å². The van der Waals surface area contributed by atoms with Gasteiger partial charge in [-0.05, 0) is 12.5 Å². The summed E-state index contributed by atoms with van der Waals surface area (Å²) in [5.41, 5.74) is 2.48. The fourth-order valence-electron chi connectivity index (χ4n) is 2.34. The molecule has 3 aromatic rings. The zero-order valence-corrected chi connectivity index (χ0v) is 13.0. The number of hydrogen-bond acceptors (Lipinski definition) is 5. The molecular weight excluding hydrogens is 308 g/mol. The Labute approximate surface area is 138 Å². The van der Waals surface area contributed by atoms with E-state index in [1.165, 1.54) is 23.1 Å². The van der Waals surface area contributed by atoms with Crippen LogP contribution in [0.2, 0.25) is 0 Å². The lowest BCUT2D eigenvalue weighted by molar-refractivity contribution is -0.384. The van der Waals surface area contributed by atoms with Crippen LogP contribution in [-0.4, -0.2) is 24.8 Å². The van der Waals surface area contributed by atoms with Crippen molar-refractivity contribution in [2.45, 2.75) is 19.6 Å².